The van der Waals surface area contributed by atoms with Crippen LogP contribution >= 0.6 is 0 Å². The maximum Gasteiger partial charge on any atom is 0.132 e. The van der Waals surface area contributed by atoms with Crippen molar-refractivity contribution in [3.63, 3.8) is 0 Å². The molecule has 0 saturated heterocycles. The summed E-state index contributed by atoms with van der Waals surface area (Å²) in [6, 6.07) is 8.35. The molecule has 0 aliphatic heterocycles. The van der Waals surface area contributed by atoms with E-state index in [0.29, 0.717) is 12.2 Å². The maximum atomic E-state index is 11.2. The van der Waals surface area contributed by atoms with Crippen LogP contribution in [0.3, 0.4) is 0 Å². The van der Waals surface area contributed by atoms with Crippen LogP contribution in [-0.4, -0.2) is 12.4 Å². The molecule has 1 aromatic rings. The number of unbranched alkanes of at least 4 members (excludes halogenated alkanes) is 2. The van der Waals surface area contributed by atoms with Crippen molar-refractivity contribution in [1.29, 1.82) is 0 Å². The molecule has 0 atom stereocenters. The normalized spacial score (nSPS) is 9.71. The molecular formula is C19H32O2. The summed E-state index contributed by atoms with van der Waals surface area (Å²) in [5, 5.41) is 0. The lowest BCUT2D eigenvalue weighted by atomic mass is 10.0. The van der Waals surface area contributed by atoms with Crippen LogP contribution in [0.15, 0.2) is 24.3 Å². The van der Waals surface area contributed by atoms with Gasteiger partial charge in [0, 0.05) is 12.8 Å². The standard InChI is InChI=1S/C17H26O2.C2H6/c1-3-13-19-17-12-8-10-15(14-17)9-6-5-7-11-16(18)4-2;1-2/h8,10,12,14H,3-7,9,11,13H2,1-2H3;1-2H3. The average molecular weight is 292 g/mol. The van der Waals surface area contributed by atoms with Crippen molar-refractivity contribution in [3.8, 4) is 5.75 Å². The van der Waals surface area contributed by atoms with Crippen molar-refractivity contribution < 1.29 is 9.53 Å². The Morgan fingerprint density at radius 1 is 1.10 bits per heavy atom. The number of carbonyl (C=O) groups excluding carboxylic acids is 1. The first kappa shape index (κ1) is 19.7. The Hall–Kier alpha value is -1.31. The fourth-order valence-corrected chi connectivity index (χ4v) is 2.02. The SMILES string of the molecule is CC.CCCOc1cccc(CCCCCC(=O)CC)c1. The Balaban J connectivity index is 0.00000191. The average Bonchev–Trinajstić information content (AvgIpc) is 2.54. The number of rotatable bonds is 10. The van der Waals surface area contributed by atoms with Crippen LogP contribution in [0.2, 0.25) is 0 Å². The number of ether oxygens (including phenoxy) is 1. The number of carbonyl (C=O) groups is 1. The van der Waals surface area contributed by atoms with Gasteiger partial charge in [-0.15, -0.1) is 0 Å². The second-order valence-electron chi connectivity index (χ2n) is 4.95. The molecule has 0 unspecified atom stereocenters. The minimum atomic E-state index is 0.384. The highest BCUT2D eigenvalue weighted by Crippen LogP contribution is 2.16. The van der Waals surface area contributed by atoms with E-state index in [1.165, 1.54) is 5.56 Å². The molecule has 0 bridgehead atoms. The number of benzene rings is 1. The smallest absolute Gasteiger partial charge is 0.132 e. The van der Waals surface area contributed by atoms with Crippen LogP contribution in [0.4, 0.5) is 0 Å². The summed E-state index contributed by atoms with van der Waals surface area (Å²) in [7, 11) is 0. The van der Waals surface area contributed by atoms with Gasteiger partial charge in [-0.2, -0.15) is 0 Å². The third-order valence-electron chi connectivity index (χ3n) is 3.19. The molecule has 0 fully saturated rings. The van der Waals surface area contributed by atoms with Crippen LogP contribution in [0.25, 0.3) is 0 Å². The van der Waals surface area contributed by atoms with Crippen molar-refractivity contribution in [2.24, 2.45) is 0 Å². The molecule has 0 radical (unpaired) electrons. The van der Waals surface area contributed by atoms with E-state index in [0.717, 1.165) is 50.9 Å². The van der Waals surface area contributed by atoms with Gasteiger partial charge in [0.05, 0.1) is 6.61 Å². The topological polar surface area (TPSA) is 26.3 Å². The van der Waals surface area contributed by atoms with E-state index in [2.05, 4.69) is 25.1 Å². The van der Waals surface area contributed by atoms with Crippen LogP contribution in [-0.2, 0) is 11.2 Å². The number of ketones is 1. The van der Waals surface area contributed by atoms with Crippen LogP contribution in [0.1, 0.15) is 71.8 Å². The lowest BCUT2D eigenvalue weighted by Gasteiger charge is -2.07. The zero-order chi connectivity index (χ0) is 15.9. The van der Waals surface area contributed by atoms with Gasteiger partial charge in [-0.05, 0) is 43.4 Å². The van der Waals surface area contributed by atoms with Crippen molar-refractivity contribution in [2.75, 3.05) is 6.61 Å². The molecule has 0 N–H and O–H groups in total. The van der Waals surface area contributed by atoms with Gasteiger partial charge in [0.25, 0.3) is 0 Å². The summed E-state index contributed by atoms with van der Waals surface area (Å²) in [6.07, 6.45) is 6.84. The summed E-state index contributed by atoms with van der Waals surface area (Å²) >= 11 is 0. The summed E-state index contributed by atoms with van der Waals surface area (Å²) < 4.78 is 5.62. The molecule has 21 heavy (non-hydrogen) atoms. The Labute approximate surface area is 130 Å². The molecule has 0 heterocycles. The van der Waals surface area contributed by atoms with Crippen molar-refractivity contribution in [3.05, 3.63) is 29.8 Å². The van der Waals surface area contributed by atoms with Gasteiger partial charge in [0.2, 0.25) is 0 Å². The highest BCUT2D eigenvalue weighted by atomic mass is 16.5. The number of hydrogen-bond acceptors (Lipinski definition) is 2. The number of hydrogen-bond donors (Lipinski definition) is 0. The minimum absolute atomic E-state index is 0.384. The first-order chi connectivity index (χ1) is 10.3. The molecule has 2 heteroatoms. The molecular weight excluding hydrogens is 260 g/mol. The summed E-state index contributed by atoms with van der Waals surface area (Å²) in [4.78, 5) is 11.2. The van der Waals surface area contributed by atoms with E-state index in [4.69, 9.17) is 4.74 Å². The summed E-state index contributed by atoms with van der Waals surface area (Å²) in [6.45, 7) is 8.83. The second-order valence-corrected chi connectivity index (χ2v) is 4.95. The van der Waals surface area contributed by atoms with E-state index in [1.54, 1.807) is 0 Å². The molecule has 2 nitrogen and oxygen atoms in total. The zero-order valence-electron chi connectivity index (χ0n) is 14.3. The predicted molar refractivity (Wildman–Crippen MR) is 91.0 cm³/mol. The Morgan fingerprint density at radius 3 is 2.52 bits per heavy atom. The molecule has 0 spiro atoms. The van der Waals surface area contributed by atoms with Gasteiger partial charge in [0.1, 0.15) is 11.5 Å². The van der Waals surface area contributed by atoms with Crippen molar-refractivity contribution >= 4 is 5.78 Å². The number of aryl methyl sites for hydroxylation is 1. The molecule has 0 aliphatic rings. The van der Waals surface area contributed by atoms with Gasteiger partial charge in [-0.3, -0.25) is 4.79 Å². The second kappa shape index (κ2) is 13.7. The zero-order valence-corrected chi connectivity index (χ0v) is 14.3. The molecule has 0 aliphatic carbocycles. The lowest BCUT2D eigenvalue weighted by molar-refractivity contribution is -0.118. The largest absolute Gasteiger partial charge is 0.494 e. The minimum Gasteiger partial charge on any atom is -0.494 e. The highest BCUT2D eigenvalue weighted by Gasteiger charge is 2.00. The van der Waals surface area contributed by atoms with Gasteiger partial charge < -0.3 is 4.74 Å². The molecule has 0 amide bonds. The van der Waals surface area contributed by atoms with Crippen LogP contribution in [0, 0.1) is 0 Å². The number of Topliss-reactive ketones (excluding diaryl/α,β-unsaturated/α-hetero) is 1. The van der Waals surface area contributed by atoms with Gasteiger partial charge in [0.15, 0.2) is 0 Å². The first-order valence-corrected chi connectivity index (χ1v) is 8.49. The van der Waals surface area contributed by atoms with Gasteiger partial charge in [-0.1, -0.05) is 46.2 Å². The third kappa shape index (κ3) is 10.1. The monoisotopic (exact) mass is 292 g/mol. The van der Waals surface area contributed by atoms with Crippen LogP contribution < -0.4 is 4.74 Å². The fraction of sp³-hybridized carbons (Fsp3) is 0.632. The Kier molecular flexibility index (Phi) is 12.8. The lowest BCUT2D eigenvalue weighted by Crippen LogP contribution is -1.96. The molecule has 1 aromatic carbocycles. The highest BCUT2D eigenvalue weighted by molar-refractivity contribution is 5.77. The molecule has 0 saturated carbocycles. The fourth-order valence-electron chi connectivity index (χ4n) is 2.02. The van der Waals surface area contributed by atoms with Crippen LogP contribution in [0.5, 0.6) is 5.75 Å². The summed E-state index contributed by atoms with van der Waals surface area (Å²) in [5.74, 6) is 1.36. The quantitative estimate of drug-likeness (QED) is 0.526. The maximum absolute atomic E-state index is 11.2. The third-order valence-corrected chi connectivity index (χ3v) is 3.19. The molecule has 1 rings (SSSR count). The Morgan fingerprint density at radius 2 is 1.86 bits per heavy atom. The Bertz CT molecular complexity index is 372. The predicted octanol–water partition coefficient (Wildman–Crippen LogP) is 5.58. The van der Waals surface area contributed by atoms with Crippen molar-refractivity contribution in [2.45, 2.75) is 72.6 Å². The van der Waals surface area contributed by atoms with E-state index in [9.17, 15) is 4.79 Å². The van der Waals surface area contributed by atoms with Gasteiger partial charge >= 0.3 is 0 Å². The molecule has 0 aromatic heterocycles. The molecule has 120 valence electrons. The van der Waals surface area contributed by atoms with E-state index in [1.807, 2.05) is 26.8 Å². The first-order valence-electron chi connectivity index (χ1n) is 8.49. The summed E-state index contributed by atoms with van der Waals surface area (Å²) in [5.41, 5.74) is 1.33. The van der Waals surface area contributed by atoms with E-state index >= 15 is 0 Å². The van der Waals surface area contributed by atoms with Crippen molar-refractivity contribution in [1.82, 2.24) is 0 Å². The van der Waals surface area contributed by atoms with Gasteiger partial charge in [-0.25, -0.2) is 0 Å². The van der Waals surface area contributed by atoms with E-state index < -0.39 is 0 Å². The van der Waals surface area contributed by atoms with E-state index in [-0.39, 0.29) is 0 Å².